The van der Waals surface area contributed by atoms with E-state index in [1.165, 1.54) is 10.3 Å². The van der Waals surface area contributed by atoms with Crippen LogP contribution in [-0.4, -0.2) is 96.2 Å². The van der Waals surface area contributed by atoms with Gasteiger partial charge in [0.25, 0.3) is 0 Å². The Morgan fingerprint density at radius 1 is 0.383 bits per heavy atom. The van der Waals surface area contributed by atoms with Gasteiger partial charge in [0.1, 0.15) is 29.0 Å². The molecule has 3 aliphatic heterocycles. The minimum atomic E-state index is 0.0634. The summed E-state index contributed by atoms with van der Waals surface area (Å²) in [5, 5.41) is 3.49. The van der Waals surface area contributed by atoms with Crippen LogP contribution in [0.4, 0.5) is 17.5 Å². The van der Waals surface area contributed by atoms with E-state index in [1.54, 1.807) is 55.9 Å². The lowest BCUT2D eigenvalue weighted by molar-refractivity contribution is 0.101. The molecule has 7 aromatic carbocycles. The summed E-state index contributed by atoms with van der Waals surface area (Å²) in [4.78, 5) is 62.0. The highest BCUT2D eigenvalue weighted by Gasteiger charge is 2.35. The maximum absolute atomic E-state index is 11.5. The van der Waals surface area contributed by atoms with Crippen molar-refractivity contribution in [3.8, 4) is 45.3 Å². The molecule has 13 aromatic rings. The molecule has 0 radical (unpaired) electrons. The zero-order valence-corrected chi connectivity index (χ0v) is 54.6. The highest BCUT2D eigenvalue weighted by molar-refractivity contribution is 7.98. The summed E-state index contributed by atoms with van der Waals surface area (Å²) in [5.41, 5.74) is 12.9. The van der Waals surface area contributed by atoms with Crippen molar-refractivity contribution >= 4 is 67.7 Å². The van der Waals surface area contributed by atoms with Crippen LogP contribution in [-0.2, 0) is 0 Å². The zero-order chi connectivity index (χ0) is 64.8. The van der Waals surface area contributed by atoms with Crippen LogP contribution in [0.25, 0.3) is 66.5 Å². The number of ketones is 1. The van der Waals surface area contributed by atoms with Crippen LogP contribution in [0.3, 0.4) is 0 Å². The molecule has 0 bridgehead atoms. The van der Waals surface area contributed by atoms with Crippen LogP contribution in [0.15, 0.2) is 254 Å². The fourth-order valence-corrected chi connectivity index (χ4v) is 12.2. The first kappa shape index (κ1) is 63.4. The average Bonchev–Trinajstić information content (AvgIpc) is 0.812. The van der Waals surface area contributed by atoms with Crippen molar-refractivity contribution < 1.29 is 9.53 Å². The predicted octanol–water partition coefficient (Wildman–Crippen LogP) is 17.7. The third-order valence-electron chi connectivity index (χ3n) is 16.7. The molecule has 3 saturated heterocycles. The van der Waals surface area contributed by atoms with Crippen LogP contribution >= 0.6 is 11.8 Å². The summed E-state index contributed by atoms with van der Waals surface area (Å²) in [6.07, 6.45) is 12.7. The van der Waals surface area contributed by atoms with Crippen LogP contribution in [0.1, 0.15) is 79.8 Å². The highest BCUT2D eigenvalue weighted by atomic mass is 32.2. The van der Waals surface area contributed by atoms with Crippen molar-refractivity contribution in [1.82, 2.24) is 44.9 Å². The Labute approximate surface area is 553 Å². The number of nitrogens with zero attached hydrogens (tertiary/aromatic N) is 12. The number of hydrogen-bond acceptors (Lipinski definition) is 15. The number of thioether (sulfide) groups is 1. The lowest BCUT2D eigenvalue weighted by Gasteiger charge is -2.40. The standard InChI is InChI=1S/C28H22N4O.C24H20N4O.C23H20N4S.2C2H6/c1-2-7-23(8-3-1)33-24-13-10-21(11-14-24)27-28(30-17-16-29-27)22-18-32(19-22)26-15-12-20-6-4-5-9-25(20)31-26;1-16(29)17-6-8-19(9-7-17)23-24(26-13-12-25-23)20-14-28(15-20)22-11-10-18-4-2-3-5-21(18)27-22;1-28-19-7-4-6-17(13-19)22-23(25-12-11-24-22)18-14-27(15-18)21-10-9-16-5-2-3-8-20(16)26-21;2*1-2/h1-17,22H,18-19H2;2-13,20H,14-15H2,1H3;2-13,18H,14-15H2,1H3;2*1-2H3. The number of fused-ring (bicyclic) bond motifs is 3. The van der Waals surface area contributed by atoms with Crippen LogP contribution < -0.4 is 19.4 Å². The fraction of sp³-hybridized carbons (Fsp3) is 0.190. The van der Waals surface area contributed by atoms with Gasteiger partial charge in [-0.3, -0.25) is 34.7 Å². The molecule has 0 amide bonds. The molecule has 15 heteroatoms. The minimum absolute atomic E-state index is 0.0634. The Balaban J connectivity index is 0.000000132. The van der Waals surface area contributed by atoms with Gasteiger partial charge in [0, 0.05) is 138 Å². The highest BCUT2D eigenvalue weighted by Crippen LogP contribution is 2.39. The molecule has 0 aliphatic carbocycles. The molecule has 14 nitrogen and oxygen atoms in total. The summed E-state index contributed by atoms with van der Waals surface area (Å²) >= 11 is 1.75. The molecule has 94 heavy (non-hydrogen) atoms. The number of pyridine rings is 3. The lowest BCUT2D eigenvalue weighted by atomic mass is 9.92. The third-order valence-corrected chi connectivity index (χ3v) is 17.4. The topological polar surface area (TPSA) is 152 Å². The maximum Gasteiger partial charge on any atom is 0.159 e. The maximum atomic E-state index is 11.5. The number of rotatable bonds is 13. The van der Waals surface area contributed by atoms with Crippen LogP contribution in [0.5, 0.6) is 11.5 Å². The van der Waals surface area contributed by atoms with Gasteiger partial charge in [-0.05, 0) is 116 Å². The molecular formula is C79H74N12O2S. The van der Waals surface area contributed by atoms with E-state index < -0.39 is 0 Å². The quantitative estimate of drug-likeness (QED) is 0.0794. The van der Waals surface area contributed by atoms with Crippen molar-refractivity contribution in [3.05, 3.63) is 272 Å². The Kier molecular flexibility index (Phi) is 20.3. The second kappa shape index (κ2) is 30.1. The van der Waals surface area contributed by atoms with E-state index in [4.69, 9.17) is 29.7 Å². The van der Waals surface area contributed by atoms with Crippen molar-refractivity contribution in [2.24, 2.45) is 0 Å². The second-order valence-corrected chi connectivity index (χ2v) is 23.4. The molecule has 9 heterocycles. The Hall–Kier alpha value is -10.8. The van der Waals surface area contributed by atoms with Crippen molar-refractivity contribution in [1.29, 1.82) is 0 Å². The molecule has 3 aliphatic rings. The average molecular weight is 1260 g/mol. The molecule has 0 atom stereocenters. The summed E-state index contributed by atoms with van der Waals surface area (Å²) in [7, 11) is 0. The number of benzene rings is 7. The first-order chi connectivity index (χ1) is 46.3. The van der Waals surface area contributed by atoms with Gasteiger partial charge in [-0.2, -0.15) is 0 Å². The summed E-state index contributed by atoms with van der Waals surface area (Å²) in [6.45, 7) is 14.9. The molecule has 16 rings (SSSR count). The largest absolute Gasteiger partial charge is 0.457 e. The van der Waals surface area contributed by atoms with E-state index in [0.717, 1.165) is 146 Å². The van der Waals surface area contributed by atoms with Crippen LogP contribution in [0, 0.1) is 0 Å². The Morgan fingerprint density at radius 3 is 1.15 bits per heavy atom. The molecular weight excluding hydrogens is 1180 g/mol. The SMILES string of the molecule is CC.CC.CC(=O)c1ccc(-c2nccnc2C2CN(c3ccc4ccccc4n3)C2)cc1.CSc1cccc(-c2nccnc2C2CN(c3ccc4ccccc4n3)C2)c1.c1ccc(Oc2ccc(-c3nccnc3C3CN(c4ccc5ccccc5n4)C3)cc2)cc1. The first-order valence-corrected chi connectivity index (χ1v) is 33.4. The normalized spacial score (nSPS) is 13.5. The predicted molar refractivity (Wildman–Crippen MR) is 383 cm³/mol. The van der Waals surface area contributed by atoms with E-state index in [-0.39, 0.29) is 5.78 Å². The molecule has 468 valence electrons. The van der Waals surface area contributed by atoms with E-state index in [9.17, 15) is 4.79 Å². The number of anilines is 3. The number of aromatic nitrogens is 9. The van der Waals surface area contributed by atoms with Crippen molar-refractivity contribution in [3.63, 3.8) is 0 Å². The van der Waals surface area contributed by atoms with E-state index >= 15 is 0 Å². The lowest BCUT2D eigenvalue weighted by Crippen LogP contribution is -2.46. The third kappa shape index (κ3) is 14.4. The number of carbonyl (C=O) groups is 1. The Bertz CT molecular complexity index is 4670. The summed E-state index contributed by atoms with van der Waals surface area (Å²) in [6, 6.07) is 71.3. The van der Waals surface area contributed by atoms with Gasteiger partial charge in [0.2, 0.25) is 0 Å². The van der Waals surface area contributed by atoms with Crippen molar-refractivity contribution in [2.75, 3.05) is 60.2 Å². The van der Waals surface area contributed by atoms with E-state index in [1.807, 2.05) is 149 Å². The van der Waals surface area contributed by atoms with Gasteiger partial charge in [-0.1, -0.05) is 137 Å². The number of para-hydroxylation sites is 4. The van der Waals surface area contributed by atoms with Gasteiger partial charge >= 0.3 is 0 Å². The van der Waals surface area contributed by atoms with E-state index in [2.05, 4.69) is 132 Å². The number of Topliss-reactive ketones (excluding diaryl/α,β-unsaturated/α-hetero) is 1. The van der Waals surface area contributed by atoms with Gasteiger partial charge in [-0.15, -0.1) is 11.8 Å². The number of carbonyl (C=O) groups excluding carboxylic acids is 1. The monoisotopic (exact) mass is 1250 g/mol. The van der Waals surface area contributed by atoms with Gasteiger partial charge in [-0.25, -0.2) is 15.0 Å². The Morgan fingerprint density at radius 2 is 0.745 bits per heavy atom. The van der Waals surface area contributed by atoms with Crippen LogP contribution in [0.2, 0.25) is 0 Å². The first-order valence-electron chi connectivity index (χ1n) is 32.2. The fourth-order valence-electron chi connectivity index (χ4n) is 11.8. The molecule has 0 saturated carbocycles. The van der Waals surface area contributed by atoms with Gasteiger partial charge in [0.05, 0.1) is 50.7 Å². The van der Waals surface area contributed by atoms with Crippen molar-refractivity contribution in [2.45, 2.75) is 57.3 Å². The molecule has 3 fully saturated rings. The van der Waals surface area contributed by atoms with E-state index in [0.29, 0.717) is 23.3 Å². The molecule has 0 unspecified atom stereocenters. The minimum Gasteiger partial charge on any atom is -0.457 e. The van der Waals surface area contributed by atoms with Gasteiger partial charge < -0.3 is 19.4 Å². The van der Waals surface area contributed by atoms with Gasteiger partial charge in [0.15, 0.2) is 5.78 Å². The number of hydrogen-bond donors (Lipinski definition) is 0. The molecule has 6 aromatic heterocycles. The second-order valence-electron chi connectivity index (χ2n) is 22.6. The molecule has 0 N–H and O–H groups in total. The zero-order valence-electron chi connectivity index (χ0n) is 53.7. The smallest absolute Gasteiger partial charge is 0.159 e. The summed E-state index contributed by atoms with van der Waals surface area (Å²) < 4.78 is 5.92. The number of ether oxygens (including phenoxy) is 1. The summed E-state index contributed by atoms with van der Waals surface area (Å²) in [5.74, 6) is 5.72. The molecule has 0 spiro atoms.